The van der Waals surface area contributed by atoms with E-state index in [9.17, 15) is 9.59 Å². The molecule has 222 valence electrons. The zero-order valence-electron chi connectivity index (χ0n) is 25.1. The molecule has 0 saturated heterocycles. The summed E-state index contributed by atoms with van der Waals surface area (Å²) in [4.78, 5) is 20.6. The van der Waals surface area contributed by atoms with Crippen molar-refractivity contribution in [3.8, 4) is 0 Å². The van der Waals surface area contributed by atoms with E-state index in [-0.39, 0.29) is 0 Å². The topological polar surface area (TPSA) is 74.6 Å². The summed E-state index contributed by atoms with van der Waals surface area (Å²) in [6.07, 6.45) is 40.6. The van der Waals surface area contributed by atoms with Crippen molar-refractivity contribution < 1.29 is 19.8 Å². The van der Waals surface area contributed by atoms with Gasteiger partial charge in [0.25, 0.3) is 0 Å². The molecule has 0 aliphatic heterocycles. The van der Waals surface area contributed by atoms with Crippen LogP contribution >= 0.6 is 0 Å². The number of hydrogen-bond acceptors (Lipinski definition) is 2. The predicted molar refractivity (Wildman–Crippen MR) is 165 cm³/mol. The van der Waals surface area contributed by atoms with Crippen LogP contribution in [0.15, 0.2) is 36.5 Å². The second-order valence-corrected chi connectivity index (χ2v) is 10.4. The molecule has 0 heterocycles. The second-order valence-electron chi connectivity index (χ2n) is 10.4. The van der Waals surface area contributed by atoms with Gasteiger partial charge in [-0.25, -0.2) is 0 Å². The number of carboxylic acid groups (broad SMARTS) is 2. The highest BCUT2D eigenvalue weighted by Gasteiger charge is 1.96. The van der Waals surface area contributed by atoms with E-state index in [1.165, 1.54) is 103 Å². The highest BCUT2D eigenvalue weighted by molar-refractivity contribution is 5.66. The Morgan fingerprint density at radius 3 is 1.11 bits per heavy atom. The van der Waals surface area contributed by atoms with Gasteiger partial charge in [0.2, 0.25) is 0 Å². The first-order valence-electron chi connectivity index (χ1n) is 15.9. The van der Waals surface area contributed by atoms with Crippen molar-refractivity contribution in [2.45, 2.75) is 168 Å². The first-order chi connectivity index (χ1) is 18.5. The van der Waals surface area contributed by atoms with Gasteiger partial charge in [-0.2, -0.15) is 0 Å². The van der Waals surface area contributed by atoms with Crippen LogP contribution in [0.5, 0.6) is 0 Å². The molecule has 0 rings (SSSR count). The number of hydrogen-bond donors (Lipinski definition) is 2. The lowest BCUT2D eigenvalue weighted by Crippen LogP contribution is -1.93. The highest BCUT2D eigenvalue weighted by atomic mass is 16.4. The molecule has 0 bridgehead atoms. The number of rotatable bonds is 27. The fourth-order valence-corrected chi connectivity index (χ4v) is 4.08. The fourth-order valence-electron chi connectivity index (χ4n) is 4.08. The minimum atomic E-state index is -0.671. The standard InChI is InChI=1S/C18H32O2.C16H30O2/c1-2-3-4-5-6-7-8-9-10-11-12-13-14-15-16-17-18(19)20;1-2-3-4-5-6-7-8-9-10-11-12-13-14-15-16(17)18/h6-7,9-10H,2-5,8,11-17H2,1H3,(H,19,20);7-8H,2-6,9-15H2,1H3,(H,17,18)/b7-6-,10-9-;8-7-. The third-order valence-corrected chi connectivity index (χ3v) is 6.49. The van der Waals surface area contributed by atoms with Crippen molar-refractivity contribution in [3.05, 3.63) is 36.5 Å². The van der Waals surface area contributed by atoms with Gasteiger partial charge in [0, 0.05) is 12.8 Å². The van der Waals surface area contributed by atoms with Gasteiger partial charge in [0.15, 0.2) is 0 Å². The number of carboxylic acids is 2. The summed E-state index contributed by atoms with van der Waals surface area (Å²) in [5.41, 5.74) is 0. The molecule has 0 radical (unpaired) electrons. The van der Waals surface area contributed by atoms with Crippen LogP contribution in [0, 0.1) is 0 Å². The molecule has 0 aliphatic carbocycles. The summed E-state index contributed by atoms with van der Waals surface area (Å²) in [6.45, 7) is 4.48. The van der Waals surface area contributed by atoms with E-state index in [2.05, 4.69) is 50.3 Å². The molecular weight excluding hydrogens is 472 g/mol. The summed E-state index contributed by atoms with van der Waals surface area (Å²) in [5.74, 6) is -1.34. The Hall–Kier alpha value is -1.84. The third-order valence-electron chi connectivity index (χ3n) is 6.49. The van der Waals surface area contributed by atoms with Crippen LogP contribution in [0.2, 0.25) is 0 Å². The van der Waals surface area contributed by atoms with Crippen LogP contribution < -0.4 is 0 Å². The van der Waals surface area contributed by atoms with E-state index in [1.807, 2.05) is 0 Å². The summed E-state index contributed by atoms with van der Waals surface area (Å²) >= 11 is 0. The molecule has 2 N–H and O–H groups in total. The highest BCUT2D eigenvalue weighted by Crippen LogP contribution is 2.09. The maximum absolute atomic E-state index is 10.3. The molecule has 0 amide bonds. The van der Waals surface area contributed by atoms with E-state index in [1.54, 1.807) is 0 Å². The Morgan fingerprint density at radius 1 is 0.421 bits per heavy atom. The van der Waals surface area contributed by atoms with Gasteiger partial charge in [0.05, 0.1) is 0 Å². The number of carbonyl (C=O) groups is 2. The minimum Gasteiger partial charge on any atom is -0.481 e. The molecule has 0 aromatic rings. The van der Waals surface area contributed by atoms with Gasteiger partial charge < -0.3 is 10.2 Å². The first-order valence-corrected chi connectivity index (χ1v) is 15.9. The van der Waals surface area contributed by atoms with Crippen LogP contribution in [-0.4, -0.2) is 22.2 Å². The maximum Gasteiger partial charge on any atom is 0.303 e. The van der Waals surface area contributed by atoms with Crippen molar-refractivity contribution in [1.82, 2.24) is 0 Å². The van der Waals surface area contributed by atoms with E-state index in [0.29, 0.717) is 12.8 Å². The quantitative estimate of drug-likeness (QED) is 0.0811. The molecule has 4 heteroatoms. The maximum atomic E-state index is 10.3. The summed E-state index contributed by atoms with van der Waals surface area (Å²) in [7, 11) is 0. The zero-order chi connectivity index (χ0) is 28.4. The molecule has 4 nitrogen and oxygen atoms in total. The fraction of sp³-hybridized carbons (Fsp3) is 0.765. The van der Waals surface area contributed by atoms with Gasteiger partial charge in [-0.05, 0) is 70.6 Å². The predicted octanol–water partition coefficient (Wildman–Crippen LogP) is 11.2. The summed E-state index contributed by atoms with van der Waals surface area (Å²) in [5, 5.41) is 17.0. The Balaban J connectivity index is 0. The smallest absolute Gasteiger partial charge is 0.303 e. The molecule has 0 aromatic carbocycles. The van der Waals surface area contributed by atoms with Crippen molar-refractivity contribution in [3.63, 3.8) is 0 Å². The van der Waals surface area contributed by atoms with Crippen molar-refractivity contribution >= 4 is 11.9 Å². The molecule has 0 aromatic heterocycles. The van der Waals surface area contributed by atoms with Crippen LogP contribution in [0.1, 0.15) is 168 Å². The van der Waals surface area contributed by atoms with Crippen molar-refractivity contribution in [2.24, 2.45) is 0 Å². The van der Waals surface area contributed by atoms with Crippen LogP contribution in [0.25, 0.3) is 0 Å². The lowest BCUT2D eigenvalue weighted by Gasteiger charge is -1.98. The van der Waals surface area contributed by atoms with Gasteiger partial charge in [-0.15, -0.1) is 0 Å². The Morgan fingerprint density at radius 2 is 0.711 bits per heavy atom. The largest absolute Gasteiger partial charge is 0.481 e. The molecular formula is C34H62O4. The Labute approximate surface area is 236 Å². The number of unbranched alkanes of at least 4 members (excludes halogenated alkanes) is 17. The lowest BCUT2D eigenvalue weighted by atomic mass is 10.1. The van der Waals surface area contributed by atoms with Gasteiger partial charge in [0.1, 0.15) is 0 Å². The second kappa shape index (κ2) is 35.2. The molecule has 0 fully saturated rings. The molecule has 0 aliphatic rings. The minimum absolute atomic E-state index is 0.324. The lowest BCUT2D eigenvalue weighted by molar-refractivity contribution is -0.138. The van der Waals surface area contributed by atoms with E-state index in [0.717, 1.165) is 38.5 Å². The molecule has 0 saturated carbocycles. The summed E-state index contributed by atoms with van der Waals surface area (Å²) in [6, 6.07) is 0. The Kier molecular flexibility index (Phi) is 35.4. The van der Waals surface area contributed by atoms with E-state index < -0.39 is 11.9 Å². The van der Waals surface area contributed by atoms with Crippen LogP contribution in [0.4, 0.5) is 0 Å². The van der Waals surface area contributed by atoms with Crippen molar-refractivity contribution in [1.29, 1.82) is 0 Å². The first kappa shape index (κ1) is 38.3. The number of allylic oxidation sites excluding steroid dienone is 6. The van der Waals surface area contributed by atoms with Crippen molar-refractivity contribution in [2.75, 3.05) is 0 Å². The molecule has 0 atom stereocenters. The van der Waals surface area contributed by atoms with Crippen LogP contribution in [0.3, 0.4) is 0 Å². The van der Waals surface area contributed by atoms with Gasteiger partial charge >= 0.3 is 11.9 Å². The van der Waals surface area contributed by atoms with Gasteiger partial charge in [-0.3, -0.25) is 9.59 Å². The zero-order valence-corrected chi connectivity index (χ0v) is 25.1. The molecule has 0 unspecified atom stereocenters. The summed E-state index contributed by atoms with van der Waals surface area (Å²) < 4.78 is 0. The molecule has 0 spiro atoms. The normalized spacial score (nSPS) is 11.4. The van der Waals surface area contributed by atoms with Crippen LogP contribution in [-0.2, 0) is 9.59 Å². The SMILES string of the molecule is CCCCC/C=C\C/C=C\CCCCCCCC(=O)O.CCCCCC/C=C\CCCCCCCC(=O)O. The monoisotopic (exact) mass is 534 g/mol. The number of aliphatic carboxylic acids is 2. The third kappa shape index (κ3) is 41.3. The van der Waals surface area contributed by atoms with Gasteiger partial charge in [-0.1, -0.05) is 121 Å². The average molecular weight is 535 g/mol. The van der Waals surface area contributed by atoms with E-state index >= 15 is 0 Å². The Bertz CT molecular complexity index is 577. The molecule has 38 heavy (non-hydrogen) atoms. The van der Waals surface area contributed by atoms with E-state index in [4.69, 9.17) is 10.2 Å². The average Bonchev–Trinajstić information content (AvgIpc) is 2.89.